The molecule has 0 fully saturated rings. The minimum atomic E-state index is -0.574. The Kier molecular flexibility index (Phi) is 5.26. The van der Waals surface area contributed by atoms with Crippen LogP contribution < -0.4 is 9.47 Å². The van der Waals surface area contributed by atoms with E-state index < -0.39 is 5.60 Å². The Labute approximate surface area is 133 Å². The van der Waals surface area contributed by atoms with Crippen LogP contribution >= 0.6 is 15.9 Å². The van der Waals surface area contributed by atoms with Gasteiger partial charge in [-0.15, -0.1) is 0 Å². The van der Waals surface area contributed by atoms with E-state index in [0.29, 0.717) is 6.61 Å². The number of hydrogen-bond acceptors (Lipinski definition) is 3. The summed E-state index contributed by atoms with van der Waals surface area (Å²) in [6.07, 6.45) is 0. The largest absolute Gasteiger partial charge is 0.489 e. The van der Waals surface area contributed by atoms with Gasteiger partial charge in [0.1, 0.15) is 23.7 Å². The highest BCUT2D eigenvalue weighted by molar-refractivity contribution is 9.10. The van der Waals surface area contributed by atoms with Crippen LogP contribution in [0.4, 0.5) is 0 Å². The van der Waals surface area contributed by atoms with E-state index in [0.717, 1.165) is 21.5 Å². The maximum Gasteiger partial charge on any atom is 0.126 e. The SMILES string of the molecule is CC(C)(CO)Oc1ccc(COc2ccc(Br)cc2)cc1. The van der Waals surface area contributed by atoms with Crippen molar-refractivity contribution in [2.45, 2.75) is 26.1 Å². The summed E-state index contributed by atoms with van der Waals surface area (Å²) < 4.78 is 12.4. The fourth-order valence-electron chi connectivity index (χ4n) is 1.70. The normalized spacial score (nSPS) is 11.2. The van der Waals surface area contributed by atoms with Gasteiger partial charge in [-0.3, -0.25) is 0 Å². The monoisotopic (exact) mass is 350 g/mol. The van der Waals surface area contributed by atoms with Crippen molar-refractivity contribution in [3.63, 3.8) is 0 Å². The molecule has 4 heteroatoms. The molecule has 0 radical (unpaired) electrons. The third kappa shape index (κ3) is 5.06. The van der Waals surface area contributed by atoms with Crippen LogP contribution in [0.5, 0.6) is 11.5 Å². The average molecular weight is 351 g/mol. The van der Waals surface area contributed by atoms with Gasteiger partial charge in [0, 0.05) is 4.47 Å². The Morgan fingerprint density at radius 3 is 2.10 bits per heavy atom. The van der Waals surface area contributed by atoms with Gasteiger partial charge in [0.25, 0.3) is 0 Å². The highest BCUT2D eigenvalue weighted by Gasteiger charge is 2.17. The van der Waals surface area contributed by atoms with Gasteiger partial charge in [0.2, 0.25) is 0 Å². The quantitative estimate of drug-likeness (QED) is 0.849. The molecule has 0 saturated carbocycles. The molecule has 0 atom stereocenters. The van der Waals surface area contributed by atoms with Gasteiger partial charge in [-0.2, -0.15) is 0 Å². The molecule has 3 nitrogen and oxygen atoms in total. The number of hydrogen-bond donors (Lipinski definition) is 1. The van der Waals surface area contributed by atoms with Crippen LogP contribution in [0.15, 0.2) is 53.0 Å². The van der Waals surface area contributed by atoms with Gasteiger partial charge in [0.05, 0.1) is 6.61 Å². The fourth-order valence-corrected chi connectivity index (χ4v) is 1.97. The van der Waals surface area contributed by atoms with Crippen molar-refractivity contribution in [3.8, 4) is 11.5 Å². The van der Waals surface area contributed by atoms with Crippen molar-refractivity contribution in [1.29, 1.82) is 0 Å². The molecule has 0 aliphatic carbocycles. The van der Waals surface area contributed by atoms with Crippen molar-refractivity contribution in [3.05, 3.63) is 58.6 Å². The maximum absolute atomic E-state index is 9.19. The highest BCUT2D eigenvalue weighted by Crippen LogP contribution is 2.20. The smallest absolute Gasteiger partial charge is 0.126 e. The Bertz CT molecular complexity index is 562. The third-order valence-corrected chi connectivity index (χ3v) is 3.45. The minimum Gasteiger partial charge on any atom is -0.489 e. The van der Waals surface area contributed by atoms with E-state index >= 15 is 0 Å². The first-order valence-corrected chi connectivity index (χ1v) is 7.55. The molecule has 112 valence electrons. The molecule has 0 unspecified atom stereocenters. The van der Waals surface area contributed by atoms with E-state index in [1.54, 1.807) is 0 Å². The summed E-state index contributed by atoms with van der Waals surface area (Å²) in [5.74, 6) is 1.57. The summed E-state index contributed by atoms with van der Waals surface area (Å²) in [5.41, 5.74) is 0.488. The number of ether oxygens (including phenoxy) is 2. The molecule has 2 aromatic rings. The Morgan fingerprint density at radius 1 is 0.952 bits per heavy atom. The summed E-state index contributed by atoms with van der Waals surface area (Å²) in [5, 5.41) is 9.19. The molecule has 0 amide bonds. The van der Waals surface area contributed by atoms with E-state index in [9.17, 15) is 5.11 Å². The number of halogens is 1. The molecule has 2 rings (SSSR count). The van der Waals surface area contributed by atoms with Crippen LogP contribution in [0.1, 0.15) is 19.4 Å². The van der Waals surface area contributed by atoms with E-state index in [4.69, 9.17) is 9.47 Å². The molecule has 0 saturated heterocycles. The van der Waals surface area contributed by atoms with E-state index in [1.165, 1.54) is 0 Å². The van der Waals surface area contributed by atoms with Gasteiger partial charge < -0.3 is 14.6 Å². The molecule has 0 aliphatic rings. The Hall–Kier alpha value is -1.52. The van der Waals surface area contributed by atoms with Gasteiger partial charge in [-0.1, -0.05) is 28.1 Å². The van der Waals surface area contributed by atoms with Crippen molar-refractivity contribution in [1.82, 2.24) is 0 Å². The predicted molar refractivity (Wildman–Crippen MR) is 86.7 cm³/mol. The second kappa shape index (κ2) is 6.96. The van der Waals surface area contributed by atoms with Crippen LogP contribution in [-0.4, -0.2) is 17.3 Å². The second-order valence-corrected chi connectivity index (χ2v) is 6.32. The lowest BCUT2D eigenvalue weighted by Gasteiger charge is -2.23. The summed E-state index contributed by atoms with van der Waals surface area (Å²) in [7, 11) is 0. The first-order valence-electron chi connectivity index (χ1n) is 6.76. The van der Waals surface area contributed by atoms with Gasteiger partial charge >= 0.3 is 0 Å². The van der Waals surface area contributed by atoms with Gasteiger partial charge in [-0.05, 0) is 55.8 Å². The number of aliphatic hydroxyl groups excluding tert-OH is 1. The lowest BCUT2D eigenvalue weighted by atomic mass is 10.1. The van der Waals surface area contributed by atoms with Gasteiger partial charge in [-0.25, -0.2) is 0 Å². The summed E-state index contributed by atoms with van der Waals surface area (Å²) >= 11 is 3.39. The second-order valence-electron chi connectivity index (χ2n) is 5.41. The Morgan fingerprint density at radius 2 is 1.52 bits per heavy atom. The molecule has 0 aromatic heterocycles. The third-order valence-electron chi connectivity index (χ3n) is 2.92. The standard InChI is InChI=1S/C17H19BrO3/c1-17(2,12-19)21-16-7-3-13(4-8-16)11-20-15-9-5-14(18)6-10-15/h3-10,19H,11-12H2,1-2H3. The van der Waals surface area contributed by atoms with Gasteiger partial charge in [0.15, 0.2) is 0 Å². The zero-order valence-corrected chi connectivity index (χ0v) is 13.8. The predicted octanol–water partition coefficient (Wildman–Crippen LogP) is 4.18. The molecular formula is C17H19BrO3. The number of rotatable bonds is 6. The molecule has 0 aliphatic heterocycles. The summed E-state index contributed by atoms with van der Waals surface area (Å²) in [6.45, 7) is 4.17. The lowest BCUT2D eigenvalue weighted by Crippen LogP contribution is -2.32. The lowest BCUT2D eigenvalue weighted by molar-refractivity contribution is 0.0412. The van der Waals surface area contributed by atoms with Crippen molar-refractivity contribution in [2.75, 3.05) is 6.61 Å². The molecule has 1 N–H and O–H groups in total. The molecule has 0 spiro atoms. The van der Waals surface area contributed by atoms with Crippen molar-refractivity contribution < 1.29 is 14.6 Å². The first kappa shape index (κ1) is 15.9. The highest BCUT2D eigenvalue weighted by atomic mass is 79.9. The van der Waals surface area contributed by atoms with Crippen LogP contribution in [0, 0.1) is 0 Å². The minimum absolute atomic E-state index is 0.0264. The van der Waals surface area contributed by atoms with E-state index in [-0.39, 0.29) is 6.61 Å². The molecule has 2 aromatic carbocycles. The zero-order valence-electron chi connectivity index (χ0n) is 12.2. The van der Waals surface area contributed by atoms with Crippen molar-refractivity contribution in [2.24, 2.45) is 0 Å². The van der Waals surface area contributed by atoms with E-state index in [1.807, 2.05) is 62.4 Å². The average Bonchev–Trinajstić information content (AvgIpc) is 2.48. The van der Waals surface area contributed by atoms with Crippen LogP contribution in [0.25, 0.3) is 0 Å². The first-order chi connectivity index (χ1) is 9.98. The molecule has 0 heterocycles. The maximum atomic E-state index is 9.19. The number of benzene rings is 2. The molecule has 21 heavy (non-hydrogen) atoms. The van der Waals surface area contributed by atoms with Crippen molar-refractivity contribution >= 4 is 15.9 Å². The number of aliphatic hydroxyl groups is 1. The van der Waals surface area contributed by atoms with E-state index in [2.05, 4.69) is 15.9 Å². The fraction of sp³-hybridized carbons (Fsp3) is 0.294. The topological polar surface area (TPSA) is 38.7 Å². The summed E-state index contributed by atoms with van der Waals surface area (Å²) in [4.78, 5) is 0. The van der Waals surface area contributed by atoms with Crippen LogP contribution in [0.2, 0.25) is 0 Å². The summed E-state index contributed by atoms with van der Waals surface area (Å²) in [6, 6.07) is 15.4. The molecule has 0 bridgehead atoms. The van der Waals surface area contributed by atoms with Crippen LogP contribution in [-0.2, 0) is 6.61 Å². The Balaban J connectivity index is 1.92. The molecular weight excluding hydrogens is 332 g/mol. The zero-order chi connectivity index (χ0) is 15.3. The van der Waals surface area contributed by atoms with Crippen LogP contribution in [0.3, 0.4) is 0 Å².